The van der Waals surface area contributed by atoms with E-state index in [0.29, 0.717) is 19.1 Å². The third-order valence-corrected chi connectivity index (χ3v) is 34.2. The number of hydrogen-bond donors (Lipinski definition) is 0. The minimum Gasteiger partial charge on any atom is -0.147 e. The molecule has 0 aliphatic heterocycles. The van der Waals surface area contributed by atoms with Gasteiger partial charge in [0, 0.05) is 0 Å². The number of rotatable bonds is 6. The second kappa shape index (κ2) is 13.7. The number of fused-ring (bicyclic) bond motifs is 4. The summed E-state index contributed by atoms with van der Waals surface area (Å²) >= 11 is -2.32. The van der Waals surface area contributed by atoms with Crippen molar-refractivity contribution in [1.29, 1.82) is 0 Å². The minimum atomic E-state index is -3.71. The molecular formula is C46H48Cl2GeZr. The Morgan fingerprint density at radius 1 is 0.460 bits per heavy atom. The Morgan fingerprint density at radius 3 is 1.20 bits per heavy atom. The monoisotopic (exact) mass is 834 g/mol. The average molecular weight is 836 g/mol. The maximum Gasteiger partial charge on any atom is -0.147 e. The summed E-state index contributed by atoms with van der Waals surface area (Å²) in [6.07, 6.45) is 5.28. The van der Waals surface area contributed by atoms with Crippen molar-refractivity contribution in [3.05, 3.63) is 155 Å². The molecule has 0 aromatic heterocycles. The summed E-state index contributed by atoms with van der Waals surface area (Å²) in [5, 5.41) is 5.30. The molecule has 2 atom stereocenters. The SMILES string of the molecule is CC(C)C1=Cc2c(-c3cccc4ccccc34)cccc2[CH]1[Zr]([CH3])([CH3])(=[GeH2])[CH]1C(C(C)C)=Cc2c(-c3cccc4ccccc34)cccc21.Cl.Cl. The fraction of sp³-hybridized carbons (Fsp3) is 0.217. The average Bonchev–Trinajstić information content (AvgIpc) is 3.70. The summed E-state index contributed by atoms with van der Waals surface area (Å²) in [5.74, 6) is 0.993. The first kappa shape index (κ1) is 37.1. The van der Waals surface area contributed by atoms with Gasteiger partial charge in [0.15, 0.2) is 0 Å². The van der Waals surface area contributed by atoms with Gasteiger partial charge in [-0.2, -0.15) is 0 Å². The minimum absolute atomic E-state index is 0. The topological polar surface area (TPSA) is 0 Å². The Labute approximate surface area is 316 Å². The van der Waals surface area contributed by atoms with Crippen LogP contribution in [0.5, 0.6) is 0 Å². The smallest absolute Gasteiger partial charge is 0.147 e. The van der Waals surface area contributed by atoms with Crippen molar-refractivity contribution < 1.29 is 15.7 Å². The number of allylic oxidation sites excluding steroid dienone is 2. The van der Waals surface area contributed by atoms with Gasteiger partial charge in [-0.15, -0.1) is 24.8 Å². The molecule has 0 fully saturated rings. The van der Waals surface area contributed by atoms with Crippen LogP contribution in [0.15, 0.2) is 132 Å². The summed E-state index contributed by atoms with van der Waals surface area (Å²) < 4.78 is 6.72. The fourth-order valence-electron chi connectivity index (χ4n) is 9.52. The Kier molecular flexibility index (Phi) is 10.2. The molecule has 0 saturated carbocycles. The Bertz CT molecular complexity index is 2230. The number of hydrogen-bond acceptors (Lipinski definition) is 0. The molecule has 6 aromatic carbocycles. The molecule has 0 nitrogen and oxygen atoms in total. The van der Waals surface area contributed by atoms with E-state index < -0.39 is 15.7 Å². The van der Waals surface area contributed by atoms with Crippen molar-refractivity contribution in [3.63, 3.8) is 0 Å². The van der Waals surface area contributed by atoms with Gasteiger partial charge in [-0.25, -0.2) is 0 Å². The van der Waals surface area contributed by atoms with Crippen LogP contribution in [-0.2, 0) is 15.7 Å². The van der Waals surface area contributed by atoms with Gasteiger partial charge in [-0.1, -0.05) is 0 Å². The van der Waals surface area contributed by atoms with Crippen LogP contribution in [0.3, 0.4) is 0 Å². The number of benzene rings is 6. The van der Waals surface area contributed by atoms with Crippen LogP contribution in [-0.4, -0.2) is 12.1 Å². The predicted octanol–water partition coefficient (Wildman–Crippen LogP) is 13.4. The molecule has 0 N–H and O–H groups in total. The maximum atomic E-state index is 2.84. The molecule has 0 saturated heterocycles. The van der Waals surface area contributed by atoms with Gasteiger partial charge in [0.1, 0.15) is 0 Å². The van der Waals surface area contributed by atoms with Gasteiger partial charge in [-0.05, 0) is 0 Å². The molecule has 0 amide bonds. The predicted molar refractivity (Wildman–Crippen MR) is 225 cm³/mol. The summed E-state index contributed by atoms with van der Waals surface area (Å²) in [6.45, 7) is 9.75. The molecule has 4 heteroatoms. The molecule has 254 valence electrons. The molecule has 6 aromatic rings. The van der Waals surface area contributed by atoms with E-state index in [1.165, 1.54) is 67.1 Å². The third kappa shape index (κ3) is 5.86. The van der Waals surface area contributed by atoms with Gasteiger partial charge < -0.3 is 0 Å². The van der Waals surface area contributed by atoms with Crippen LogP contribution in [0.25, 0.3) is 56.0 Å². The van der Waals surface area contributed by atoms with E-state index in [2.05, 4.69) is 170 Å². The van der Waals surface area contributed by atoms with E-state index in [0.717, 1.165) is 0 Å². The van der Waals surface area contributed by atoms with E-state index >= 15 is 0 Å². The van der Waals surface area contributed by atoms with E-state index in [1.807, 2.05) is 0 Å². The van der Waals surface area contributed by atoms with Gasteiger partial charge in [0.05, 0.1) is 0 Å². The zero-order valence-corrected chi connectivity index (χ0v) is 37.1. The molecule has 50 heavy (non-hydrogen) atoms. The van der Waals surface area contributed by atoms with Crippen molar-refractivity contribution in [1.82, 2.24) is 0 Å². The van der Waals surface area contributed by atoms with Gasteiger partial charge >= 0.3 is 295 Å². The van der Waals surface area contributed by atoms with Crippen LogP contribution in [0.2, 0.25) is 9.26 Å². The Morgan fingerprint density at radius 2 is 0.800 bits per heavy atom. The van der Waals surface area contributed by atoms with E-state index in [4.69, 9.17) is 0 Å². The Balaban J connectivity index is 0.00000216. The molecule has 0 radical (unpaired) electrons. The third-order valence-electron chi connectivity index (χ3n) is 11.6. The first-order chi connectivity index (χ1) is 23.0. The van der Waals surface area contributed by atoms with Gasteiger partial charge in [0.2, 0.25) is 0 Å². The second-order valence-electron chi connectivity index (χ2n) is 16.1. The zero-order valence-electron chi connectivity index (χ0n) is 30.0. The zero-order chi connectivity index (χ0) is 33.4. The molecule has 2 aliphatic rings. The summed E-state index contributed by atoms with van der Waals surface area (Å²) in [4.78, 5) is 0. The quantitative estimate of drug-likeness (QED) is 0.147. The van der Waals surface area contributed by atoms with Gasteiger partial charge in [0.25, 0.3) is 0 Å². The first-order valence-electron chi connectivity index (χ1n) is 17.8. The van der Waals surface area contributed by atoms with Crippen molar-refractivity contribution in [2.45, 2.75) is 44.2 Å². The van der Waals surface area contributed by atoms with Crippen LogP contribution >= 0.6 is 24.8 Å². The molecular weight excluding hydrogens is 787 g/mol. The molecule has 0 bridgehead atoms. The van der Waals surface area contributed by atoms with Crippen LogP contribution in [0.1, 0.15) is 57.2 Å². The second-order valence-corrected chi connectivity index (χ2v) is 61.0. The van der Waals surface area contributed by atoms with Crippen molar-refractivity contribution in [3.8, 4) is 22.3 Å². The largest absolute Gasteiger partial charge is 0.147 e. The van der Waals surface area contributed by atoms with Crippen molar-refractivity contribution in [2.75, 3.05) is 0 Å². The normalized spacial score (nSPS) is 16.9. The van der Waals surface area contributed by atoms with E-state index in [1.54, 1.807) is 22.3 Å². The van der Waals surface area contributed by atoms with E-state index in [9.17, 15) is 0 Å². The van der Waals surface area contributed by atoms with Crippen LogP contribution < -0.4 is 0 Å². The van der Waals surface area contributed by atoms with Crippen molar-refractivity contribution >= 4 is 70.7 Å². The molecule has 2 aliphatic carbocycles. The van der Waals surface area contributed by atoms with E-state index in [-0.39, 0.29) is 24.8 Å². The fourth-order valence-corrected chi connectivity index (χ4v) is 35.3. The molecule has 0 heterocycles. The first-order valence-corrected chi connectivity index (χ1v) is 36.0. The Hall–Kier alpha value is -2.67. The molecule has 2 unspecified atom stereocenters. The van der Waals surface area contributed by atoms with Crippen molar-refractivity contribution in [2.24, 2.45) is 11.8 Å². The number of halogens is 2. The standard InChI is InChI=1S/2C22H19.2CH3.2ClH.GeH2.Zr/c2*1-15(2)18-13-17-9-6-12-21(22(17)14-18)20-11-5-8-16-7-3-4-10-19(16)20;;;;;;/h2*3-15H,1-2H3;2*1H3;2*1H;1H2;. The summed E-state index contributed by atoms with van der Waals surface area (Å²) in [5.41, 5.74) is 14.9. The van der Waals surface area contributed by atoms with Crippen LogP contribution in [0, 0.1) is 11.8 Å². The molecule has 0 spiro atoms. The summed E-state index contributed by atoms with van der Waals surface area (Å²) in [6, 6.07) is 45.8. The van der Waals surface area contributed by atoms with Crippen LogP contribution in [0.4, 0.5) is 0 Å². The molecule has 8 rings (SSSR count). The maximum absolute atomic E-state index is 3.71. The summed E-state index contributed by atoms with van der Waals surface area (Å²) in [7, 11) is 0. The van der Waals surface area contributed by atoms with Gasteiger partial charge in [-0.3, -0.25) is 0 Å².